The summed E-state index contributed by atoms with van der Waals surface area (Å²) in [5.41, 5.74) is 5.65. The number of ether oxygens (including phenoxy) is 1. The van der Waals surface area contributed by atoms with E-state index in [2.05, 4.69) is 0 Å². The highest BCUT2D eigenvalue weighted by Gasteiger charge is 2.74. The third-order valence-corrected chi connectivity index (χ3v) is 6.97. The quantitative estimate of drug-likeness (QED) is 0.840. The standard InChI is InChI=1S/C18H19NO5S/c1-11-3-9-14(10-4-11)25(22,23)16-15(18(16,19)17(20)21)12-5-7-13(24-2)8-6-12/h3-10,15-16H,19H2,1-2H3,(H,20,21). The van der Waals surface area contributed by atoms with Crippen molar-refractivity contribution in [3.63, 3.8) is 0 Å². The summed E-state index contributed by atoms with van der Waals surface area (Å²) < 4.78 is 31.0. The number of hydrogen-bond donors (Lipinski definition) is 2. The van der Waals surface area contributed by atoms with Gasteiger partial charge in [0.2, 0.25) is 0 Å². The number of carbonyl (C=O) groups is 1. The van der Waals surface area contributed by atoms with Crippen LogP contribution in [-0.4, -0.2) is 37.4 Å². The van der Waals surface area contributed by atoms with Gasteiger partial charge in [0.1, 0.15) is 16.5 Å². The third kappa shape index (κ3) is 2.69. The predicted molar refractivity (Wildman–Crippen MR) is 92.4 cm³/mol. The number of aryl methyl sites for hydroxylation is 1. The number of carboxylic acids is 1. The zero-order valence-electron chi connectivity index (χ0n) is 13.8. The van der Waals surface area contributed by atoms with Crippen LogP contribution in [0.5, 0.6) is 5.75 Å². The van der Waals surface area contributed by atoms with Gasteiger partial charge in [-0.25, -0.2) is 8.42 Å². The Balaban J connectivity index is 2.03. The molecule has 7 heteroatoms. The Morgan fingerprint density at radius 2 is 1.68 bits per heavy atom. The van der Waals surface area contributed by atoms with Crippen molar-refractivity contribution in [2.45, 2.75) is 28.5 Å². The van der Waals surface area contributed by atoms with Crippen LogP contribution in [-0.2, 0) is 14.6 Å². The first-order valence-corrected chi connectivity index (χ1v) is 9.24. The highest BCUT2D eigenvalue weighted by molar-refractivity contribution is 7.92. The second kappa shape index (κ2) is 5.86. The molecule has 0 aromatic heterocycles. The summed E-state index contributed by atoms with van der Waals surface area (Å²) in [6, 6.07) is 12.9. The van der Waals surface area contributed by atoms with Crippen LogP contribution in [0.1, 0.15) is 17.0 Å². The monoisotopic (exact) mass is 361 g/mol. The molecule has 0 bridgehead atoms. The number of carboxylic acid groups (broad SMARTS) is 1. The number of benzene rings is 2. The Morgan fingerprint density at radius 3 is 2.16 bits per heavy atom. The van der Waals surface area contributed by atoms with E-state index < -0.39 is 32.5 Å². The van der Waals surface area contributed by atoms with Crippen molar-refractivity contribution in [3.8, 4) is 5.75 Å². The minimum Gasteiger partial charge on any atom is -0.497 e. The molecule has 6 nitrogen and oxygen atoms in total. The average Bonchev–Trinajstić information content (AvgIpc) is 3.24. The molecule has 0 amide bonds. The lowest BCUT2D eigenvalue weighted by Gasteiger charge is -2.07. The number of sulfone groups is 1. The Morgan fingerprint density at radius 1 is 1.12 bits per heavy atom. The molecule has 3 atom stereocenters. The molecule has 1 saturated carbocycles. The predicted octanol–water partition coefficient (Wildman–Crippen LogP) is 1.73. The van der Waals surface area contributed by atoms with E-state index in [1.165, 1.54) is 19.2 Å². The van der Waals surface area contributed by atoms with Crippen molar-refractivity contribution in [2.24, 2.45) is 5.73 Å². The fraction of sp³-hybridized carbons (Fsp3) is 0.278. The third-order valence-electron chi connectivity index (χ3n) is 4.71. The maximum atomic E-state index is 13.0. The second-order valence-corrected chi connectivity index (χ2v) is 8.34. The van der Waals surface area contributed by atoms with Gasteiger partial charge in [-0.15, -0.1) is 0 Å². The molecule has 2 aromatic carbocycles. The number of nitrogens with two attached hydrogens (primary N) is 1. The van der Waals surface area contributed by atoms with Crippen molar-refractivity contribution >= 4 is 15.8 Å². The normalized spacial score (nSPS) is 25.4. The first-order chi connectivity index (χ1) is 11.7. The van der Waals surface area contributed by atoms with E-state index in [9.17, 15) is 18.3 Å². The van der Waals surface area contributed by atoms with Gasteiger partial charge in [0, 0.05) is 5.92 Å². The molecule has 25 heavy (non-hydrogen) atoms. The van der Waals surface area contributed by atoms with E-state index in [0.717, 1.165) is 5.56 Å². The molecule has 3 rings (SSSR count). The molecular formula is C18H19NO5S. The van der Waals surface area contributed by atoms with Gasteiger partial charge in [-0.05, 0) is 36.8 Å². The smallest absolute Gasteiger partial charge is 0.325 e. The van der Waals surface area contributed by atoms with Crippen LogP contribution in [0.25, 0.3) is 0 Å². The summed E-state index contributed by atoms with van der Waals surface area (Å²) in [6.45, 7) is 1.85. The summed E-state index contributed by atoms with van der Waals surface area (Å²) in [6.07, 6.45) is 0. The van der Waals surface area contributed by atoms with E-state index in [0.29, 0.717) is 11.3 Å². The minimum atomic E-state index is -3.89. The molecule has 0 spiro atoms. The van der Waals surface area contributed by atoms with Crippen molar-refractivity contribution < 1.29 is 23.1 Å². The molecule has 3 unspecified atom stereocenters. The lowest BCUT2D eigenvalue weighted by molar-refractivity contribution is -0.139. The minimum absolute atomic E-state index is 0.0789. The fourth-order valence-corrected chi connectivity index (χ4v) is 5.43. The van der Waals surface area contributed by atoms with Gasteiger partial charge in [-0.2, -0.15) is 0 Å². The zero-order valence-corrected chi connectivity index (χ0v) is 14.7. The van der Waals surface area contributed by atoms with Gasteiger partial charge in [0.05, 0.1) is 12.0 Å². The van der Waals surface area contributed by atoms with Crippen molar-refractivity contribution in [2.75, 3.05) is 7.11 Å². The van der Waals surface area contributed by atoms with Crippen LogP contribution in [0.4, 0.5) is 0 Å². The van der Waals surface area contributed by atoms with E-state index in [-0.39, 0.29) is 4.90 Å². The van der Waals surface area contributed by atoms with Crippen LogP contribution < -0.4 is 10.5 Å². The van der Waals surface area contributed by atoms with Gasteiger partial charge in [-0.3, -0.25) is 4.79 Å². The van der Waals surface area contributed by atoms with E-state index >= 15 is 0 Å². The molecule has 0 heterocycles. The molecule has 1 aliphatic rings. The van der Waals surface area contributed by atoms with Crippen LogP contribution in [0.3, 0.4) is 0 Å². The Bertz CT molecular complexity index is 905. The average molecular weight is 361 g/mol. The Kier molecular flexibility index (Phi) is 4.09. The largest absolute Gasteiger partial charge is 0.497 e. The van der Waals surface area contributed by atoms with Gasteiger partial charge < -0.3 is 15.6 Å². The number of aliphatic carboxylic acids is 1. The van der Waals surface area contributed by atoms with Gasteiger partial charge >= 0.3 is 5.97 Å². The molecule has 132 valence electrons. The van der Waals surface area contributed by atoms with Crippen molar-refractivity contribution in [1.29, 1.82) is 0 Å². The summed E-state index contributed by atoms with van der Waals surface area (Å²) in [7, 11) is -2.37. The van der Waals surface area contributed by atoms with E-state index in [4.69, 9.17) is 10.5 Å². The number of rotatable bonds is 5. The molecule has 0 aliphatic heterocycles. The van der Waals surface area contributed by atoms with Crippen LogP contribution in [0, 0.1) is 6.92 Å². The maximum absolute atomic E-state index is 13.0. The summed E-state index contributed by atoms with van der Waals surface area (Å²) in [5, 5.41) is 8.34. The van der Waals surface area contributed by atoms with Crippen molar-refractivity contribution in [3.05, 3.63) is 59.7 Å². The van der Waals surface area contributed by atoms with Crippen molar-refractivity contribution in [1.82, 2.24) is 0 Å². The topological polar surface area (TPSA) is 107 Å². The molecule has 3 N–H and O–H groups in total. The van der Waals surface area contributed by atoms with Crippen LogP contribution in [0.15, 0.2) is 53.4 Å². The lowest BCUT2D eigenvalue weighted by atomic mass is 10.1. The van der Waals surface area contributed by atoms with E-state index in [1.807, 2.05) is 6.92 Å². The molecular weight excluding hydrogens is 342 g/mol. The molecule has 2 aromatic rings. The van der Waals surface area contributed by atoms with Crippen LogP contribution >= 0.6 is 0 Å². The zero-order chi connectivity index (χ0) is 18.4. The SMILES string of the molecule is COc1ccc(C2C(S(=O)(=O)c3ccc(C)cc3)C2(N)C(=O)O)cc1. The molecule has 1 aliphatic carbocycles. The Labute approximate surface area is 146 Å². The van der Waals surface area contributed by atoms with Gasteiger partial charge in [-0.1, -0.05) is 29.8 Å². The molecule has 0 radical (unpaired) electrons. The second-order valence-electron chi connectivity index (χ2n) is 6.27. The lowest BCUT2D eigenvalue weighted by Crippen LogP contribution is -2.39. The van der Waals surface area contributed by atoms with E-state index in [1.54, 1.807) is 36.4 Å². The summed E-state index contributed by atoms with van der Waals surface area (Å²) in [5.74, 6) is -1.54. The highest BCUT2D eigenvalue weighted by atomic mass is 32.2. The Hall–Kier alpha value is -2.38. The van der Waals surface area contributed by atoms with Crippen LogP contribution in [0.2, 0.25) is 0 Å². The van der Waals surface area contributed by atoms with Gasteiger partial charge in [0.15, 0.2) is 9.84 Å². The molecule has 0 saturated heterocycles. The summed E-state index contributed by atoms with van der Waals surface area (Å²) >= 11 is 0. The molecule has 1 fully saturated rings. The highest BCUT2D eigenvalue weighted by Crippen LogP contribution is 2.55. The fourth-order valence-electron chi connectivity index (χ4n) is 3.20. The van der Waals surface area contributed by atoms with Gasteiger partial charge in [0.25, 0.3) is 0 Å². The maximum Gasteiger partial charge on any atom is 0.325 e. The summed E-state index contributed by atoms with van der Waals surface area (Å²) in [4.78, 5) is 11.8. The number of hydrogen-bond acceptors (Lipinski definition) is 5. The first-order valence-electron chi connectivity index (χ1n) is 7.69. The first kappa shape index (κ1) is 17.4. The number of methoxy groups -OCH3 is 1.